The van der Waals surface area contributed by atoms with Crippen LogP contribution >= 0.6 is 0 Å². The van der Waals surface area contributed by atoms with Crippen LogP contribution in [0.4, 0.5) is 0 Å². The highest BCUT2D eigenvalue weighted by atomic mass is 16.5. The van der Waals surface area contributed by atoms with Crippen LogP contribution in [0, 0.1) is 0 Å². The molecule has 35 heavy (non-hydrogen) atoms. The van der Waals surface area contributed by atoms with E-state index in [1.54, 1.807) is 0 Å². The summed E-state index contributed by atoms with van der Waals surface area (Å²) in [7, 11) is 1.41. The summed E-state index contributed by atoms with van der Waals surface area (Å²) in [5.41, 5.74) is 3.21. The zero-order valence-corrected chi connectivity index (χ0v) is 21.0. The van der Waals surface area contributed by atoms with Crippen LogP contribution in [0.25, 0.3) is 0 Å². The zero-order chi connectivity index (χ0) is 24.9. The molecule has 186 valence electrons. The summed E-state index contributed by atoms with van der Waals surface area (Å²) in [5.74, 6) is 3.16. The topological polar surface area (TPSA) is 54.0 Å². The molecule has 0 aliphatic carbocycles. The van der Waals surface area contributed by atoms with Crippen molar-refractivity contribution in [2.24, 2.45) is 0 Å². The van der Waals surface area contributed by atoms with Crippen LogP contribution in [0.5, 0.6) is 23.0 Å². The third-order valence-electron chi connectivity index (χ3n) is 5.55. The highest BCUT2D eigenvalue weighted by molar-refractivity contribution is 5.72. The van der Waals surface area contributed by atoms with Crippen molar-refractivity contribution >= 4 is 5.97 Å². The summed E-state index contributed by atoms with van der Waals surface area (Å²) >= 11 is 0. The van der Waals surface area contributed by atoms with Gasteiger partial charge in [0.2, 0.25) is 0 Å². The first-order valence-electron chi connectivity index (χ1n) is 12.4. The van der Waals surface area contributed by atoms with E-state index in [0.717, 1.165) is 71.8 Å². The van der Waals surface area contributed by atoms with E-state index >= 15 is 0 Å². The number of methoxy groups -OCH3 is 1. The fourth-order valence-corrected chi connectivity index (χ4v) is 3.86. The van der Waals surface area contributed by atoms with Crippen LogP contribution in [0.1, 0.15) is 49.8 Å². The predicted molar refractivity (Wildman–Crippen MR) is 139 cm³/mol. The second kappa shape index (κ2) is 14.1. The molecule has 0 heterocycles. The first-order valence-corrected chi connectivity index (χ1v) is 12.4. The number of benzene rings is 3. The molecule has 3 aromatic rings. The van der Waals surface area contributed by atoms with Crippen LogP contribution in [0.3, 0.4) is 0 Å². The van der Waals surface area contributed by atoms with E-state index in [2.05, 4.69) is 19.9 Å². The Hall–Kier alpha value is -3.47. The Bertz CT molecular complexity index is 1060. The number of carbonyl (C=O) groups excluding carboxylic acids is 1. The molecule has 0 atom stereocenters. The lowest BCUT2D eigenvalue weighted by molar-refractivity contribution is -0.139. The number of rotatable bonds is 14. The Balaban J connectivity index is 1.53. The van der Waals surface area contributed by atoms with Gasteiger partial charge in [0.15, 0.2) is 0 Å². The molecule has 0 saturated heterocycles. The molecule has 0 aromatic heterocycles. The summed E-state index contributed by atoms with van der Waals surface area (Å²) in [5, 5.41) is 0. The minimum Gasteiger partial charge on any atom is -0.493 e. The number of esters is 1. The van der Waals surface area contributed by atoms with Gasteiger partial charge in [-0.05, 0) is 65.9 Å². The quantitative estimate of drug-likeness (QED) is 0.186. The van der Waals surface area contributed by atoms with Gasteiger partial charge in [-0.1, -0.05) is 57.0 Å². The lowest BCUT2D eigenvalue weighted by Gasteiger charge is -2.15. The van der Waals surface area contributed by atoms with Gasteiger partial charge in [-0.15, -0.1) is 0 Å². The summed E-state index contributed by atoms with van der Waals surface area (Å²) in [4.78, 5) is 11.6. The lowest BCUT2D eigenvalue weighted by atomic mass is 10.0. The van der Waals surface area contributed by atoms with Crippen LogP contribution in [0.2, 0.25) is 0 Å². The molecule has 0 N–H and O–H groups in total. The van der Waals surface area contributed by atoms with E-state index in [0.29, 0.717) is 13.2 Å². The number of ether oxygens (including phenoxy) is 4. The zero-order valence-electron chi connectivity index (χ0n) is 21.0. The number of hydrogen-bond acceptors (Lipinski definition) is 5. The Labute approximate surface area is 209 Å². The maximum absolute atomic E-state index is 11.6. The fourth-order valence-electron chi connectivity index (χ4n) is 3.86. The molecule has 0 saturated carbocycles. The van der Waals surface area contributed by atoms with Crippen molar-refractivity contribution in [3.05, 3.63) is 83.4 Å². The molecular formula is C30H36O5. The smallest absolute Gasteiger partial charge is 0.309 e. The molecule has 3 aromatic carbocycles. The molecule has 0 aliphatic heterocycles. The van der Waals surface area contributed by atoms with Gasteiger partial charge in [0, 0.05) is 6.42 Å². The molecule has 0 unspecified atom stereocenters. The molecule has 0 radical (unpaired) electrons. The van der Waals surface area contributed by atoms with E-state index in [-0.39, 0.29) is 12.4 Å². The fraction of sp³-hybridized carbons (Fsp3) is 0.367. The Kier molecular flexibility index (Phi) is 10.5. The monoisotopic (exact) mass is 476 g/mol. The molecule has 0 spiro atoms. The molecule has 3 rings (SSSR count). The number of para-hydroxylation sites is 1. The Morgan fingerprint density at radius 2 is 1.37 bits per heavy atom. The summed E-state index contributed by atoms with van der Waals surface area (Å²) < 4.78 is 22.9. The molecule has 5 nitrogen and oxygen atoms in total. The van der Waals surface area contributed by atoms with Crippen molar-refractivity contribution in [2.75, 3.05) is 20.3 Å². The van der Waals surface area contributed by atoms with E-state index in [4.69, 9.17) is 18.9 Å². The van der Waals surface area contributed by atoms with Crippen LogP contribution in [-0.2, 0) is 28.8 Å². The third-order valence-corrected chi connectivity index (χ3v) is 5.55. The van der Waals surface area contributed by atoms with Crippen molar-refractivity contribution < 1.29 is 23.7 Å². The van der Waals surface area contributed by atoms with Gasteiger partial charge in [-0.25, -0.2) is 0 Å². The van der Waals surface area contributed by atoms with E-state index in [1.807, 2.05) is 60.7 Å². The summed E-state index contributed by atoms with van der Waals surface area (Å²) in [6, 6.07) is 21.7. The van der Waals surface area contributed by atoms with E-state index < -0.39 is 0 Å². The molecule has 5 heteroatoms. The predicted octanol–water partition coefficient (Wildman–Crippen LogP) is 6.95. The van der Waals surface area contributed by atoms with Gasteiger partial charge in [-0.3, -0.25) is 4.79 Å². The Morgan fingerprint density at radius 1 is 0.743 bits per heavy atom. The number of hydrogen-bond donors (Lipinski definition) is 0. The van der Waals surface area contributed by atoms with E-state index in [1.165, 1.54) is 7.11 Å². The van der Waals surface area contributed by atoms with Crippen molar-refractivity contribution in [3.8, 4) is 23.0 Å². The maximum atomic E-state index is 11.6. The maximum Gasteiger partial charge on any atom is 0.309 e. The summed E-state index contributed by atoms with van der Waals surface area (Å²) in [6.07, 6.45) is 4.90. The average Bonchev–Trinajstić information content (AvgIpc) is 2.87. The van der Waals surface area contributed by atoms with Crippen LogP contribution < -0.4 is 14.2 Å². The molecule has 0 amide bonds. The van der Waals surface area contributed by atoms with Gasteiger partial charge in [0.05, 0.1) is 26.7 Å². The van der Waals surface area contributed by atoms with Crippen molar-refractivity contribution in [2.45, 2.75) is 52.4 Å². The number of aryl methyl sites for hydroxylation is 2. The molecule has 0 bridgehead atoms. The molecular weight excluding hydrogens is 440 g/mol. The van der Waals surface area contributed by atoms with Gasteiger partial charge in [-0.2, -0.15) is 0 Å². The van der Waals surface area contributed by atoms with Crippen LogP contribution in [-0.4, -0.2) is 26.3 Å². The van der Waals surface area contributed by atoms with Gasteiger partial charge >= 0.3 is 5.97 Å². The highest BCUT2D eigenvalue weighted by Gasteiger charge is 2.10. The standard InChI is InChI=1S/C30H36O5/c1-4-10-24-20-23(21-30(31)32-3)14-16-28(24)33-18-9-19-34-29-17-15-27(22-25(29)11-5-2)35-26-12-7-6-8-13-26/h6-8,12-17,20,22H,4-5,9-11,18-19,21H2,1-3H3. The van der Waals surface area contributed by atoms with Gasteiger partial charge in [0.25, 0.3) is 0 Å². The third kappa shape index (κ3) is 8.36. The largest absolute Gasteiger partial charge is 0.493 e. The van der Waals surface area contributed by atoms with Crippen molar-refractivity contribution in [1.82, 2.24) is 0 Å². The highest BCUT2D eigenvalue weighted by Crippen LogP contribution is 2.29. The normalized spacial score (nSPS) is 10.6. The number of carbonyl (C=O) groups is 1. The van der Waals surface area contributed by atoms with Gasteiger partial charge < -0.3 is 18.9 Å². The second-order valence-electron chi connectivity index (χ2n) is 8.43. The van der Waals surface area contributed by atoms with Crippen molar-refractivity contribution in [3.63, 3.8) is 0 Å². The van der Waals surface area contributed by atoms with Crippen molar-refractivity contribution in [1.29, 1.82) is 0 Å². The average molecular weight is 477 g/mol. The van der Waals surface area contributed by atoms with Crippen LogP contribution in [0.15, 0.2) is 66.7 Å². The minimum atomic E-state index is -0.236. The lowest BCUT2D eigenvalue weighted by Crippen LogP contribution is -2.08. The summed E-state index contributed by atoms with van der Waals surface area (Å²) in [6.45, 7) is 5.42. The van der Waals surface area contributed by atoms with Gasteiger partial charge in [0.1, 0.15) is 23.0 Å². The first-order chi connectivity index (χ1) is 17.1. The molecule has 0 aliphatic rings. The minimum absolute atomic E-state index is 0.236. The Morgan fingerprint density at radius 3 is 2.00 bits per heavy atom. The van der Waals surface area contributed by atoms with E-state index in [9.17, 15) is 4.79 Å². The first kappa shape index (κ1) is 26.1. The SMILES string of the molecule is CCCc1cc(CC(=O)OC)ccc1OCCCOc1ccc(Oc2ccccc2)cc1CCC. The second-order valence-corrected chi connectivity index (χ2v) is 8.43. The molecule has 0 fully saturated rings.